The van der Waals surface area contributed by atoms with Crippen molar-refractivity contribution in [3.63, 3.8) is 0 Å². The van der Waals surface area contributed by atoms with Crippen molar-refractivity contribution in [1.82, 2.24) is 24.6 Å². The van der Waals surface area contributed by atoms with Gasteiger partial charge < -0.3 is 19.4 Å². The maximum atomic E-state index is 13.2. The molecule has 0 radical (unpaired) electrons. The minimum atomic E-state index is -0.156. The number of likely N-dealkylation sites (tertiary alicyclic amines) is 1. The summed E-state index contributed by atoms with van der Waals surface area (Å²) < 4.78 is 12.7. The Morgan fingerprint density at radius 1 is 1.06 bits per heavy atom. The molecule has 33 heavy (non-hydrogen) atoms. The maximum Gasteiger partial charge on any atom is 0.262 e. The monoisotopic (exact) mass is 449 g/mol. The third-order valence-electron chi connectivity index (χ3n) is 7.12. The van der Waals surface area contributed by atoms with E-state index in [0.717, 1.165) is 25.7 Å². The van der Waals surface area contributed by atoms with Crippen LogP contribution in [0, 0.1) is 0 Å². The van der Waals surface area contributed by atoms with Crippen molar-refractivity contribution in [2.75, 3.05) is 19.9 Å². The van der Waals surface area contributed by atoms with Gasteiger partial charge >= 0.3 is 0 Å². The molecule has 1 saturated heterocycles. The van der Waals surface area contributed by atoms with Crippen LogP contribution in [0.1, 0.15) is 73.1 Å². The molecule has 3 aliphatic rings. The molecule has 172 valence electrons. The maximum absolute atomic E-state index is 13.2. The summed E-state index contributed by atoms with van der Waals surface area (Å²) in [4.78, 5) is 35.7. The molecule has 1 saturated carbocycles. The van der Waals surface area contributed by atoms with Crippen molar-refractivity contribution in [3.8, 4) is 11.5 Å². The van der Waals surface area contributed by atoms with Crippen LogP contribution in [0.2, 0.25) is 0 Å². The van der Waals surface area contributed by atoms with Crippen LogP contribution in [0.25, 0.3) is 11.0 Å². The van der Waals surface area contributed by atoms with Crippen LogP contribution in [0.5, 0.6) is 11.5 Å². The number of ether oxygens (including phenoxy) is 2. The Labute approximate surface area is 190 Å². The highest BCUT2D eigenvalue weighted by Crippen LogP contribution is 2.34. The summed E-state index contributed by atoms with van der Waals surface area (Å²) in [5.74, 6) is 1.83. The smallest absolute Gasteiger partial charge is 0.262 e. The molecule has 1 aromatic carbocycles. The van der Waals surface area contributed by atoms with Gasteiger partial charge in [-0.1, -0.05) is 19.3 Å². The van der Waals surface area contributed by atoms with Crippen LogP contribution in [0.15, 0.2) is 29.2 Å². The number of nitrogens with zero attached hydrogens (tertiary/aromatic N) is 4. The van der Waals surface area contributed by atoms with Crippen molar-refractivity contribution in [1.29, 1.82) is 0 Å². The largest absolute Gasteiger partial charge is 0.454 e. The van der Waals surface area contributed by atoms with E-state index in [4.69, 9.17) is 14.5 Å². The second kappa shape index (κ2) is 8.20. The summed E-state index contributed by atoms with van der Waals surface area (Å²) in [7, 11) is 0. The number of piperidine rings is 1. The van der Waals surface area contributed by atoms with E-state index in [1.807, 2.05) is 9.58 Å². The molecule has 9 nitrogen and oxygen atoms in total. The topological polar surface area (TPSA) is 102 Å². The highest BCUT2D eigenvalue weighted by molar-refractivity contribution is 5.95. The first kappa shape index (κ1) is 20.3. The van der Waals surface area contributed by atoms with Gasteiger partial charge in [0.1, 0.15) is 11.2 Å². The zero-order valence-corrected chi connectivity index (χ0v) is 18.5. The molecule has 2 aromatic heterocycles. The lowest BCUT2D eigenvalue weighted by Crippen LogP contribution is -2.40. The van der Waals surface area contributed by atoms with Gasteiger partial charge in [-0.25, -0.2) is 9.67 Å². The molecular weight excluding hydrogens is 422 g/mol. The summed E-state index contributed by atoms with van der Waals surface area (Å²) in [6.45, 7) is 1.37. The number of hydrogen-bond donors (Lipinski definition) is 1. The fraction of sp³-hybridized carbons (Fsp3) is 0.500. The number of carbonyl (C=O) groups excluding carboxylic acids is 1. The van der Waals surface area contributed by atoms with Crippen LogP contribution in [0.4, 0.5) is 0 Å². The summed E-state index contributed by atoms with van der Waals surface area (Å²) in [5.41, 5.74) is 1.09. The Kier molecular flexibility index (Phi) is 5.04. The van der Waals surface area contributed by atoms with E-state index in [1.54, 1.807) is 24.4 Å². The van der Waals surface area contributed by atoms with Gasteiger partial charge in [0.25, 0.3) is 11.5 Å². The minimum absolute atomic E-state index is 0.0245. The molecule has 1 aliphatic carbocycles. The molecule has 4 heterocycles. The number of aromatic nitrogens is 4. The second-order valence-electron chi connectivity index (χ2n) is 9.23. The first-order valence-electron chi connectivity index (χ1n) is 11.8. The Morgan fingerprint density at radius 2 is 1.91 bits per heavy atom. The Balaban J connectivity index is 1.27. The number of H-pyrrole nitrogens is 1. The van der Waals surface area contributed by atoms with Crippen molar-refractivity contribution >= 4 is 16.9 Å². The first-order chi connectivity index (χ1) is 16.2. The average molecular weight is 450 g/mol. The molecule has 1 N–H and O–H groups in total. The molecule has 1 amide bonds. The predicted octanol–water partition coefficient (Wildman–Crippen LogP) is 3.37. The Morgan fingerprint density at radius 3 is 2.79 bits per heavy atom. The van der Waals surface area contributed by atoms with E-state index < -0.39 is 0 Å². The van der Waals surface area contributed by atoms with Gasteiger partial charge in [0.2, 0.25) is 6.79 Å². The quantitative estimate of drug-likeness (QED) is 0.658. The van der Waals surface area contributed by atoms with Gasteiger partial charge in [-0.2, -0.15) is 5.10 Å². The lowest BCUT2D eigenvalue weighted by atomic mass is 9.95. The third kappa shape index (κ3) is 3.65. The van der Waals surface area contributed by atoms with Crippen LogP contribution < -0.4 is 15.0 Å². The lowest BCUT2D eigenvalue weighted by molar-refractivity contribution is 0.0704. The second-order valence-corrected chi connectivity index (χ2v) is 9.23. The van der Waals surface area contributed by atoms with E-state index >= 15 is 0 Å². The summed E-state index contributed by atoms with van der Waals surface area (Å²) in [6.07, 6.45) is 9.12. The van der Waals surface area contributed by atoms with Gasteiger partial charge in [-0.15, -0.1) is 0 Å². The molecule has 1 unspecified atom stereocenters. The van der Waals surface area contributed by atoms with E-state index in [2.05, 4.69) is 10.1 Å². The van der Waals surface area contributed by atoms with Gasteiger partial charge in [-0.3, -0.25) is 9.59 Å². The molecule has 6 rings (SSSR count). The Hall–Kier alpha value is -3.36. The molecule has 9 heteroatoms. The van der Waals surface area contributed by atoms with E-state index in [-0.39, 0.29) is 24.2 Å². The summed E-state index contributed by atoms with van der Waals surface area (Å²) >= 11 is 0. The fourth-order valence-corrected chi connectivity index (χ4v) is 5.34. The Bertz CT molecular complexity index is 1260. The van der Waals surface area contributed by atoms with Crippen molar-refractivity contribution in [2.45, 2.75) is 56.9 Å². The van der Waals surface area contributed by atoms with E-state index in [0.29, 0.717) is 53.1 Å². The number of amides is 1. The molecule has 2 aliphatic heterocycles. The van der Waals surface area contributed by atoms with Gasteiger partial charge in [0.05, 0.1) is 12.2 Å². The zero-order valence-electron chi connectivity index (χ0n) is 18.5. The van der Waals surface area contributed by atoms with Crippen LogP contribution in [-0.2, 0) is 0 Å². The average Bonchev–Trinajstić information content (AvgIpc) is 3.51. The highest BCUT2D eigenvalue weighted by Gasteiger charge is 2.29. The van der Waals surface area contributed by atoms with Crippen molar-refractivity contribution in [3.05, 3.63) is 46.1 Å². The van der Waals surface area contributed by atoms with Gasteiger partial charge in [-0.05, 0) is 43.9 Å². The third-order valence-corrected chi connectivity index (χ3v) is 7.12. The molecule has 3 aromatic rings. The molecule has 1 atom stereocenters. The van der Waals surface area contributed by atoms with Crippen molar-refractivity contribution < 1.29 is 14.3 Å². The van der Waals surface area contributed by atoms with E-state index in [1.165, 1.54) is 19.3 Å². The molecule has 0 bridgehead atoms. The number of carbonyl (C=O) groups is 1. The number of aromatic amines is 1. The zero-order chi connectivity index (χ0) is 22.4. The molecular formula is C24H27N5O4. The fourth-order valence-electron chi connectivity index (χ4n) is 5.34. The van der Waals surface area contributed by atoms with Crippen LogP contribution >= 0.6 is 0 Å². The highest BCUT2D eigenvalue weighted by atomic mass is 16.7. The number of hydrogen-bond acceptors (Lipinski definition) is 6. The standard InChI is InChI=1S/C24H27N5O4/c30-23-18-12-25-29(17-6-2-1-3-7-17)22(18)26-21(27-23)16-5-4-10-28(13-16)24(31)15-8-9-19-20(11-15)33-14-32-19/h8-9,11-12,16-17H,1-7,10,13-14H2,(H,26,27,30). The first-order valence-corrected chi connectivity index (χ1v) is 11.8. The molecule has 0 spiro atoms. The molecule has 2 fully saturated rings. The predicted molar refractivity (Wildman–Crippen MR) is 121 cm³/mol. The van der Waals surface area contributed by atoms with Gasteiger partial charge in [0, 0.05) is 24.6 Å². The number of rotatable bonds is 3. The normalized spacial score (nSPS) is 21.0. The van der Waals surface area contributed by atoms with Gasteiger partial charge in [0.15, 0.2) is 17.1 Å². The summed E-state index contributed by atoms with van der Waals surface area (Å²) in [5, 5.41) is 5.06. The van der Waals surface area contributed by atoms with Crippen molar-refractivity contribution in [2.24, 2.45) is 0 Å². The van der Waals surface area contributed by atoms with Crippen LogP contribution in [0.3, 0.4) is 0 Å². The summed E-state index contributed by atoms with van der Waals surface area (Å²) in [6, 6.07) is 5.59. The number of benzene rings is 1. The minimum Gasteiger partial charge on any atom is -0.454 e. The van der Waals surface area contributed by atoms with Crippen LogP contribution in [-0.4, -0.2) is 50.4 Å². The number of nitrogens with one attached hydrogen (secondary N) is 1. The number of fused-ring (bicyclic) bond motifs is 2. The van der Waals surface area contributed by atoms with E-state index in [9.17, 15) is 9.59 Å². The lowest BCUT2D eigenvalue weighted by Gasteiger charge is -2.32. The SMILES string of the molecule is O=C(c1ccc2c(c1)OCO2)N1CCCC(c2nc3c(cnn3C3CCCCC3)c(=O)[nH]2)C1.